The molecule has 2 amide bonds. The molecular weight excluding hydrogens is 336 g/mol. The van der Waals surface area contributed by atoms with Crippen LogP contribution in [-0.4, -0.2) is 35.8 Å². The molecule has 1 atom stereocenters. The van der Waals surface area contributed by atoms with Crippen LogP contribution in [0.3, 0.4) is 0 Å². The van der Waals surface area contributed by atoms with Gasteiger partial charge in [0, 0.05) is 31.6 Å². The standard InChI is InChI=1S/C23H28N2O2/c1-17-8-7-9-19(16-17)21-11-3-4-12-22(21)23(27)25-15-6-5-10-20(25)13-14-24-18(2)26/h3-4,7-9,11-12,16,20H,5-6,10,13-15H2,1-2H3,(H,24,26)/t20-/m0/s1. The van der Waals surface area contributed by atoms with Gasteiger partial charge in [0.2, 0.25) is 5.91 Å². The number of nitrogens with one attached hydrogen (secondary N) is 1. The maximum atomic E-state index is 13.4. The summed E-state index contributed by atoms with van der Waals surface area (Å²) in [5, 5.41) is 2.86. The quantitative estimate of drug-likeness (QED) is 0.865. The van der Waals surface area contributed by atoms with Gasteiger partial charge >= 0.3 is 0 Å². The lowest BCUT2D eigenvalue weighted by molar-refractivity contribution is -0.119. The van der Waals surface area contributed by atoms with E-state index in [0.29, 0.717) is 6.54 Å². The highest BCUT2D eigenvalue weighted by molar-refractivity contribution is 6.01. The lowest BCUT2D eigenvalue weighted by atomic mass is 9.94. The highest BCUT2D eigenvalue weighted by Crippen LogP contribution is 2.28. The van der Waals surface area contributed by atoms with E-state index in [1.54, 1.807) is 0 Å². The van der Waals surface area contributed by atoms with Crippen molar-refractivity contribution < 1.29 is 9.59 Å². The van der Waals surface area contributed by atoms with Crippen LogP contribution in [0.15, 0.2) is 48.5 Å². The number of hydrogen-bond acceptors (Lipinski definition) is 2. The van der Waals surface area contributed by atoms with Gasteiger partial charge in [-0.2, -0.15) is 0 Å². The fraction of sp³-hybridized carbons (Fsp3) is 0.391. The average molecular weight is 364 g/mol. The predicted molar refractivity (Wildman–Crippen MR) is 109 cm³/mol. The third kappa shape index (κ3) is 4.76. The van der Waals surface area contributed by atoms with E-state index in [2.05, 4.69) is 30.4 Å². The van der Waals surface area contributed by atoms with E-state index >= 15 is 0 Å². The van der Waals surface area contributed by atoms with Gasteiger partial charge in [-0.1, -0.05) is 48.0 Å². The number of aryl methyl sites for hydroxylation is 1. The zero-order valence-electron chi connectivity index (χ0n) is 16.2. The summed E-state index contributed by atoms with van der Waals surface area (Å²) in [6, 6.07) is 16.3. The molecule has 2 aromatic rings. The van der Waals surface area contributed by atoms with Crippen molar-refractivity contribution in [3.8, 4) is 11.1 Å². The van der Waals surface area contributed by atoms with Crippen LogP contribution >= 0.6 is 0 Å². The Balaban J connectivity index is 1.84. The highest BCUT2D eigenvalue weighted by atomic mass is 16.2. The summed E-state index contributed by atoms with van der Waals surface area (Å²) in [5.74, 6) is 0.0770. The number of benzene rings is 2. The molecule has 1 N–H and O–H groups in total. The van der Waals surface area contributed by atoms with Crippen molar-refractivity contribution in [3.05, 3.63) is 59.7 Å². The second kappa shape index (κ2) is 8.85. The van der Waals surface area contributed by atoms with E-state index in [1.165, 1.54) is 12.5 Å². The van der Waals surface area contributed by atoms with Crippen LogP contribution in [0.4, 0.5) is 0 Å². The molecule has 4 heteroatoms. The van der Waals surface area contributed by atoms with Crippen LogP contribution in [0.25, 0.3) is 11.1 Å². The molecule has 0 saturated carbocycles. The molecule has 142 valence electrons. The Morgan fingerprint density at radius 1 is 1.11 bits per heavy atom. The Labute approximate surface area is 161 Å². The summed E-state index contributed by atoms with van der Waals surface area (Å²) in [4.78, 5) is 26.6. The highest BCUT2D eigenvalue weighted by Gasteiger charge is 2.28. The predicted octanol–water partition coefficient (Wildman–Crippen LogP) is 4.18. The molecule has 3 rings (SSSR count). The Morgan fingerprint density at radius 2 is 1.93 bits per heavy atom. The first-order valence-electron chi connectivity index (χ1n) is 9.78. The van der Waals surface area contributed by atoms with Gasteiger partial charge in [-0.3, -0.25) is 9.59 Å². The van der Waals surface area contributed by atoms with E-state index in [4.69, 9.17) is 0 Å². The second-order valence-corrected chi connectivity index (χ2v) is 7.33. The number of rotatable bonds is 5. The van der Waals surface area contributed by atoms with E-state index in [-0.39, 0.29) is 17.9 Å². The van der Waals surface area contributed by atoms with Gasteiger partial charge in [-0.15, -0.1) is 0 Å². The average Bonchev–Trinajstić information content (AvgIpc) is 2.67. The largest absolute Gasteiger partial charge is 0.356 e. The van der Waals surface area contributed by atoms with Crippen LogP contribution in [0.2, 0.25) is 0 Å². The zero-order valence-corrected chi connectivity index (χ0v) is 16.2. The van der Waals surface area contributed by atoms with Gasteiger partial charge in [0.05, 0.1) is 0 Å². The maximum Gasteiger partial charge on any atom is 0.254 e. The number of carbonyl (C=O) groups is 2. The minimum atomic E-state index is -0.0199. The molecule has 1 aliphatic rings. The summed E-state index contributed by atoms with van der Waals surface area (Å²) < 4.78 is 0. The summed E-state index contributed by atoms with van der Waals surface area (Å²) in [5.41, 5.74) is 4.00. The van der Waals surface area contributed by atoms with Crippen LogP contribution in [0.5, 0.6) is 0 Å². The van der Waals surface area contributed by atoms with Crippen molar-refractivity contribution in [3.63, 3.8) is 0 Å². The van der Waals surface area contributed by atoms with E-state index in [9.17, 15) is 9.59 Å². The topological polar surface area (TPSA) is 49.4 Å². The van der Waals surface area contributed by atoms with E-state index < -0.39 is 0 Å². The van der Waals surface area contributed by atoms with Crippen molar-refractivity contribution >= 4 is 11.8 Å². The molecule has 0 aliphatic carbocycles. The number of amides is 2. The monoisotopic (exact) mass is 364 g/mol. The van der Waals surface area contributed by atoms with Gasteiger partial charge in [-0.25, -0.2) is 0 Å². The summed E-state index contributed by atoms with van der Waals surface area (Å²) in [6.45, 7) is 4.99. The first-order chi connectivity index (χ1) is 13.1. The number of nitrogens with zero attached hydrogens (tertiary/aromatic N) is 1. The zero-order chi connectivity index (χ0) is 19.2. The molecular formula is C23H28N2O2. The minimum Gasteiger partial charge on any atom is -0.356 e. The number of likely N-dealkylation sites (tertiary alicyclic amines) is 1. The Hall–Kier alpha value is -2.62. The molecule has 1 fully saturated rings. The molecule has 1 aliphatic heterocycles. The molecule has 27 heavy (non-hydrogen) atoms. The second-order valence-electron chi connectivity index (χ2n) is 7.33. The van der Waals surface area contributed by atoms with Crippen molar-refractivity contribution in [1.29, 1.82) is 0 Å². The van der Waals surface area contributed by atoms with Crippen molar-refractivity contribution in [2.75, 3.05) is 13.1 Å². The third-order valence-corrected chi connectivity index (χ3v) is 5.23. The fourth-order valence-corrected chi connectivity index (χ4v) is 3.87. The summed E-state index contributed by atoms with van der Waals surface area (Å²) in [7, 11) is 0. The van der Waals surface area contributed by atoms with Gasteiger partial charge in [0.25, 0.3) is 5.91 Å². The molecule has 0 bridgehead atoms. The fourth-order valence-electron chi connectivity index (χ4n) is 3.87. The molecule has 4 nitrogen and oxygen atoms in total. The lowest BCUT2D eigenvalue weighted by Gasteiger charge is -2.36. The summed E-state index contributed by atoms with van der Waals surface area (Å²) >= 11 is 0. The molecule has 0 radical (unpaired) electrons. The molecule has 2 aromatic carbocycles. The number of piperidine rings is 1. The number of carbonyl (C=O) groups excluding carboxylic acids is 2. The van der Waals surface area contributed by atoms with Crippen LogP contribution in [0, 0.1) is 6.92 Å². The molecule has 1 saturated heterocycles. The van der Waals surface area contributed by atoms with Gasteiger partial charge in [0.15, 0.2) is 0 Å². The first kappa shape index (κ1) is 19.2. The summed E-state index contributed by atoms with van der Waals surface area (Å²) in [6.07, 6.45) is 3.97. The van der Waals surface area contributed by atoms with Gasteiger partial charge in [0.1, 0.15) is 0 Å². The van der Waals surface area contributed by atoms with Crippen molar-refractivity contribution in [2.24, 2.45) is 0 Å². The Bertz CT molecular complexity index is 816. The molecule has 1 heterocycles. The van der Waals surface area contributed by atoms with Gasteiger partial charge < -0.3 is 10.2 Å². The normalized spacial score (nSPS) is 16.8. The van der Waals surface area contributed by atoms with Crippen molar-refractivity contribution in [2.45, 2.75) is 45.6 Å². The Kier molecular flexibility index (Phi) is 6.28. The first-order valence-corrected chi connectivity index (χ1v) is 9.78. The van der Waals surface area contributed by atoms with Crippen LogP contribution < -0.4 is 5.32 Å². The van der Waals surface area contributed by atoms with Crippen molar-refractivity contribution in [1.82, 2.24) is 10.2 Å². The van der Waals surface area contributed by atoms with Crippen LogP contribution in [-0.2, 0) is 4.79 Å². The molecule has 0 aromatic heterocycles. The Morgan fingerprint density at radius 3 is 2.70 bits per heavy atom. The van der Waals surface area contributed by atoms with Crippen LogP contribution in [0.1, 0.15) is 48.5 Å². The SMILES string of the molecule is CC(=O)NCC[C@@H]1CCCCN1C(=O)c1ccccc1-c1cccc(C)c1. The van der Waals surface area contributed by atoms with Gasteiger partial charge in [-0.05, 0) is 49.8 Å². The van der Waals surface area contributed by atoms with E-state index in [0.717, 1.165) is 48.9 Å². The third-order valence-electron chi connectivity index (χ3n) is 5.23. The smallest absolute Gasteiger partial charge is 0.254 e. The lowest BCUT2D eigenvalue weighted by Crippen LogP contribution is -2.45. The minimum absolute atomic E-state index is 0.0199. The maximum absolute atomic E-state index is 13.4. The molecule has 0 unspecified atom stereocenters. The van der Waals surface area contributed by atoms with E-state index in [1.807, 2.05) is 35.2 Å². The number of hydrogen-bond donors (Lipinski definition) is 1. The molecule has 0 spiro atoms.